The monoisotopic (exact) mass is 173 g/mol. The molecule has 0 aromatic heterocycles. The zero-order valence-corrected chi connectivity index (χ0v) is 8.68. The van der Waals surface area contributed by atoms with Gasteiger partial charge >= 0.3 is 6.09 Å². The molecule has 0 rings (SSSR count). The molecule has 0 aliphatic carbocycles. The van der Waals surface area contributed by atoms with E-state index >= 15 is 0 Å². The first kappa shape index (κ1) is 11.3. The summed E-state index contributed by atoms with van der Waals surface area (Å²) in [6.45, 7) is 9.22. The molecule has 0 aromatic carbocycles. The van der Waals surface area contributed by atoms with Gasteiger partial charge in [0.2, 0.25) is 0 Å². The summed E-state index contributed by atoms with van der Waals surface area (Å²) in [5, 5.41) is 0. The molecule has 0 saturated carbocycles. The van der Waals surface area contributed by atoms with Crippen molar-refractivity contribution in [1.82, 2.24) is 4.90 Å². The van der Waals surface area contributed by atoms with Crippen molar-refractivity contribution in [2.24, 2.45) is 5.41 Å². The second-order valence-electron chi connectivity index (χ2n) is 4.12. The molecule has 0 saturated heterocycles. The molecule has 0 radical (unpaired) electrons. The van der Waals surface area contributed by atoms with Crippen LogP contribution in [0.5, 0.6) is 0 Å². The van der Waals surface area contributed by atoms with Crippen molar-refractivity contribution in [3.8, 4) is 0 Å². The Kier molecular flexibility index (Phi) is 4.07. The highest BCUT2D eigenvalue weighted by molar-refractivity contribution is 5.67. The van der Waals surface area contributed by atoms with Crippen LogP contribution in [-0.4, -0.2) is 31.2 Å². The van der Waals surface area contributed by atoms with E-state index in [0.29, 0.717) is 13.2 Å². The molecule has 0 atom stereocenters. The van der Waals surface area contributed by atoms with E-state index in [1.54, 1.807) is 11.9 Å². The van der Waals surface area contributed by atoms with Gasteiger partial charge in [-0.2, -0.15) is 0 Å². The first-order valence-electron chi connectivity index (χ1n) is 4.24. The lowest BCUT2D eigenvalue weighted by Crippen LogP contribution is -2.34. The molecule has 0 heterocycles. The van der Waals surface area contributed by atoms with E-state index in [0.717, 1.165) is 0 Å². The number of rotatable bonds is 2. The Hall–Kier alpha value is -0.730. The number of carbonyl (C=O) groups excluding carboxylic acids is 1. The third kappa shape index (κ3) is 4.99. The van der Waals surface area contributed by atoms with Crippen molar-refractivity contribution in [2.75, 3.05) is 20.2 Å². The Bertz CT molecular complexity index is 149. The highest BCUT2D eigenvalue weighted by atomic mass is 16.5. The van der Waals surface area contributed by atoms with Crippen LogP contribution in [0.25, 0.3) is 0 Å². The van der Waals surface area contributed by atoms with Gasteiger partial charge in [-0.1, -0.05) is 20.8 Å². The molecule has 0 spiro atoms. The minimum atomic E-state index is -0.243. The van der Waals surface area contributed by atoms with Crippen LogP contribution in [0.4, 0.5) is 4.79 Å². The first-order chi connectivity index (χ1) is 5.37. The fraction of sp³-hybridized carbons (Fsp3) is 0.889. The molecular formula is C9H19NO2. The largest absolute Gasteiger partial charge is 0.450 e. The number of hydrogen-bond donors (Lipinski definition) is 0. The minimum absolute atomic E-state index is 0.126. The van der Waals surface area contributed by atoms with E-state index in [4.69, 9.17) is 4.74 Å². The number of carbonyl (C=O) groups is 1. The van der Waals surface area contributed by atoms with E-state index in [2.05, 4.69) is 20.8 Å². The predicted octanol–water partition coefficient (Wildman–Crippen LogP) is 2.12. The van der Waals surface area contributed by atoms with Crippen molar-refractivity contribution >= 4 is 6.09 Å². The van der Waals surface area contributed by atoms with Gasteiger partial charge in [0.15, 0.2) is 0 Å². The van der Waals surface area contributed by atoms with Crippen LogP contribution in [0.2, 0.25) is 0 Å². The predicted molar refractivity (Wildman–Crippen MR) is 49.1 cm³/mol. The van der Waals surface area contributed by atoms with Gasteiger partial charge in [-0.25, -0.2) is 4.79 Å². The molecule has 12 heavy (non-hydrogen) atoms. The van der Waals surface area contributed by atoms with E-state index < -0.39 is 0 Å². The standard InChI is InChI=1S/C9H19NO2/c1-6-12-8(11)10(5)7-9(2,3)4/h6-7H2,1-5H3. The number of ether oxygens (including phenoxy) is 1. The van der Waals surface area contributed by atoms with Gasteiger partial charge in [-0.15, -0.1) is 0 Å². The number of hydrogen-bond acceptors (Lipinski definition) is 2. The molecule has 1 amide bonds. The topological polar surface area (TPSA) is 29.5 Å². The van der Waals surface area contributed by atoms with Crippen LogP contribution in [0.1, 0.15) is 27.7 Å². The van der Waals surface area contributed by atoms with Crippen LogP contribution in [0, 0.1) is 5.41 Å². The van der Waals surface area contributed by atoms with Gasteiger partial charge in [-0.05, 0) is 12.3 Å². The molecule has 0 aromatic rings. The fourth-order valence-corrected chi connectivity index (χ4v) is 1.01. The summed E-state index contributed by atoms with van der Waals surface area (Å²) in [5.41, 5.74) is 0.126. The van der Waals surface area contributed by atoms with E-state index in [1.807, 2.05) is 6.92 Å². The number of amides is 1. The second-order valence-corrected chi connectivity index (χ2v) is 4.12. The van der Waals surface area contributed by atoms with Crippen LogP contribution < -0.4 is 0 Å². The molecule has 0 N–H and O–H groups in total. The maximum atomic E-state index is 11.1. The van der Waals surface area contributed by atoms with E-state index in [1.165, 1.54) is 0 Å². The van der Waals surface area contributed by atoms with Crippen LogP contribution in [-0.2, 0) is 4.74 Å². The van der Waals surface area contributed by atoms with Gasteiger partial charge in [0.05, 0.1) is 6.61 Å². The van der Waals surface area contributed by atoms with Crippen molar-refractivity contribution in [1.29, 1.82) is 0 Å². The smallest absolute Gasteiger partial charge is 0.409 e. The van der Waals surface area contributed by atoms with Crippen LogP contribution >= 0.6 is 0 Å². The summed E-state index contributed by atoms with van der Waals surface area (Å²) in [6, 6.07) is 0. The highest BCUT2D eigenvalue weighted by Gasteiger charge is 2.17. The van der Waals surface area contributed by atoms with Crippen molar-refractivity contribution in [2.45, 2.75) is 27.7 Å². The fourth-order valence-electron chi connectivity index (χ4n) is 1.01. The molecule has 0 fully saturated rings. The molecule has 72 valence electrons. The molecule has 3 heteroatoms. The third-order valence-corrected chi connectivity index (χ3v) is 1.29. The molecule has 0 bridgehead atoms. The molecule has 0 aliphatic rings. The minimum Gasteiger partial charge on any atom is -0.450 e. The average molecular weight is 173 g/mol. The summed E-state index contributed by atoms with van der Waals surface area (Å²) in [6.07, 6.45) is -0.243. The second kappa shape index (κ2) is 4.33. The van der Waals surface area contributed by atoms with Crippen molar-refractivity contribution in [3.05, 3.63) is 0 Å². The van der Waals surface area contributed by atoms with Crippen LogP contribution in [0.3, 0.4) is 0 Å². The van der Waals surface area contributed by atoms with Crippen molar-refractivity contribution < 1.29 is 9.53 Å². The summed E-state index contributed by atoms with van der Waals surface area (Å²) in [7, 11) is 1.75. The zero-order valence-electron chi connectivity index (χ0n) is 8.68. The molecule has 0 unspecified atom stereocenters. The summed E-state index contributed by atoms with van der Waals surface area (Å²) >= 11 is 0. The Morgan fingerprint density at radius 2 is 1.92 bits per heavy atom. The Labute approximate surface area is 74.7 Å². The quantitative estimate of drug-likeness (QED) is 0.640. The lowest BCUT2D eigenvalue weighted by Gasteiger charge is -2.25. The van der Waals surface area contributed by atoms with E-state index in [9.17, 15) is 4.79 Å². The Morgan fingerprint density at radius 3 is 2.25 bits per heavy atom. The van der Waals surface area contributed by atoms with Gasteiger partial charge in [0.1, 0.15) is 0 Å². The van der Waals surface area contributed by atoms with Gasteiger partial charge in [0, 0.05) is 13.6 Å². The lowest BCUT2D eigenvalue weighted by atomic mass is 9.96. The first-order valence-corrected chi connectivity index (χ1v) is 4.24. The maximum absolute atomic E-state index is 11.1. The van der Waals surface area contributed by atoms with Crippen LogP contribution in [0.15, 0.2) is 0 Å². The Morgan fingerprint density at radius 1 is 1.42 bits per heavy atom. The summed E-state index contributed by atoms with van der Waals surface area (Å²) < 4.78 is 4.84. The highest BCUT2D eigenvalue weighted by Crippen LogP contribution is 2.14. The van der Waals surface area contributed by atoms with Gasteiger partial charge in [-0.3, -0.25) is 0 Å². The average Bonchev–Trinajstić information content (AvgIpc) is 1.84. The number of nitrogens with zero attached hydrogens (tertiary/aromatic N) is 1. The zero-order chi connectivity index (χ0) is 9.78. The molecular weight excluding hydrogens is 154 g/mol. The Balaban J connectivity index is 3.87. The molecule has 0 aliphatic heterocycles. The van der Waals surface area contributed by atoms with Crippen molar-refractivity contribution in [3.63, 3.8) is 0 Å². The van der Waals surface area contributed by atoms with E-state index in [-0.39, 0.29) is 11.5 Å². The van der Waals surface area contributed by atoms with Gasteiger partial charge in [0.25, 0.3) is 0 Å². The lowest BCUT2D eigenvalue weighted by molar-refractivity contribution is 0.104. The van der Waals surface area contributed by atoms with Gasteiger partial charge < -0.3 is 9.64 Å². The molecule has 3 nitrogen and oxygen atoms in total. The maximum Gasteiger partial charge on any atom is 0.409 e. The SMILES string of the molecule is CCOC(=O)N(C)CC(C)(C)C. The normalized spacial score (nSPS) is 11.1. The summed E-state index contributed by atoms with van der Waals surface area (Å²) in [4.78, 5) is 12.7. The summed E-state index contributed by atoms with van der Waals surface area (Å²) in [5.74, 6) is 0. The third-order valence-electron chi connectivity index (χ3n) is 1.29.